The molecule has 88 heavy (non-hydrogen) atoms. The number of nitrogens with zero attached hydrogens (tertiary/aromatic N) is 7. The Morgan fingerprint density at radius 1 is 0.875 bits per heavy atom. The maximum absolute atomic E-state index is 15.1. The number of nitrogen functional groups attached to an aromatic ring is 1. The number of phosphoric acid groups is 1. The van der Waals surface area contributed by atoms with Gasteiger partial charge in [0.15, 0.2) is 29.3 Å². The van der Waals surface area contributed by atoms with Gasteiger partial charge in [0, 0.05) is 98.3 Å². The number of aromatic nitrogens is 4. The number of ether oxygens (including phenoxy) is 3. The van der Waals surface area contributed by atoms with Crippen molar-refractivity contribution in [2.45, 2.75) is 104 Å². The molecule has 474 valence electrons. The number of hydrogen-bond donors (Lipinski definition) is 9. The summed E-state index contributed by atoms with van der Waals surface area (Å²) in [5, 5.41) is 17.7. The molecule has 1 fully saturated rings. The maximum atomic E-state index is 15.1. The fraction of sp³-hybridized carbons (Fsp3) is 0.426. The largest absolute Gasteiger partial charge is 0.480 e. The van der Waals surface area contributed by atoms with Crippen molar-refractivity contribution in [1.82, 2.24) is 44.5 Å². The molecule has 9 rings (SSSR count). The fourth-order valence-corrected chi connectivity index (χ4v) is 16.2. The second-order valence-corrected chi connectivity index (χ2v) is 28.6. The minimum absolute atomic E-state index is 0.0140. The summed E-state index contributed by atoms with van der Waals surface area (Å²) in [5.74, 6) is -0.0394. The first-order chi connectivity index (χ1) is 41.1. The van der Waals surface area contributed by atoms with Crippen molar-refractivity contribution in [3.63, 3.8) is 0 Å². The van der Waals surface area contributed by atoms with Gasteiger partial charge in [-0.25, -0.2) is 38.0 Å². The van der Waals surface area contributed by atoms with Crippen LogP contribution in [0, 0.1) is 0 Å². The number of carbonyl (C=O) groups excluding carboxylic acids is 3. The van der Waals surface area contributed by atoms with Crippen molar-refractivity contribution >= 4 is 127 Å². The number of phosphoric ester groups is 1. The van der Waals surface area contributed by atoms with Crippen molar-refractivity contribution in [2.24, 2.45) is 0 Å². The first-order valence-corrected chi connectivity index (χ1v) is 33.6. The molecular formula is C54H65Cl4N11O16P3+. The zero-order chi connectivity index (χ0) is 64.5. The number of hydrogen-bond acceptors (Lipinski definition) is 17. The van der Waals surface area contributed by atoms with Gasteiger partial charge in [0.2, 0.25) is 11.3 Å². The van der Waals surface area contributed by atoms with E-state index in [-0.39, 0.29) is 91.8 Å². The van der Waals surface area contributed by atoms with Crippen molar-refractivity contribution in [3.8, 4) is 11.5 Å². The fourth-order valence-electron chi connectivity index (χ4n) is 11.7. The van der Waals surface area contributed by atoms with Gasteiger partial charge in [-0.15, -0.1) is 4.86 Å². The number of likely N-dealkylation sites (N-methyl/N-ethyl adjacent to an activating group) is 2. The Morgan fingerprint density at radius 2 is 1.56 bits per heavy atom. The van der Waals surface area contributed by atoms with Gasteiger partial charge in [0.05, 0.1) is 50.2 Å². The topological polar surface area (TPSA) is 365 Å². The highest BCUT2D eigenvalue weighted by molar-refractivity contribution is 7.70. The number of halogens is 4. The number of imidazole rings is 1. The lowest BCUT2D eigenvalue weighted by Gasteiger charge is -2.43. The number of rotatable bonds is 20. The van der Waals surface area contributed by atoms with E-state index in [2.05, 4.69) is 119 Å². The normalized spacial score (nSPS) is 20.5. The lowest BCUT2D eigenvalue weighted by Crippen LogP contribution is -2.49. The standard InChI is InChI=1S/C54H64Cl4N11O16P3/c1-10-68-32-19-34-30(17-28(32)26(3)21-53(68,5)6)38(31-18-29-27(4)22-54(7,8)69(11-2)33(29)20-35(31)82-34)39-40(42(56)44(58)43(57)41(39)55)50(72)66(9)16-12-13-37(70)60-14-15-61-52(73)84-47-46(71)36(23-81-88(79,80)85-87(77,78)65-86(74,75)76)83-51(47)67-25-64-45-48(59)62-24-63-49(45)67/h17-22,24-25,36,46-47,51,71H,10-16,23H2,1-9H3,(H8-,59,60,61,62,63,65,70,73,74,75,76,77,78,79,80)/p+1/t36-,46-,47-,51-/m1/s1. The van der Waals surface area contributed by atoms with Crippen molar-refractivity contribution < 1.29 is 75.8 Å². The van der Waals surface area contributed by atoms with Crippen molar-refractivity contribution in [2.75, 3.05) is 57.0 Å². The zero-order valence-electron chi connectivity index (χ0n) is 48.9. The van der Waals surface area contributed by atoms with Crippen LogP contribution in [0.25, 0.3) is 27.9 Å². The number of nitrogens with two attached hydrogens (primary N) is 1. The van der Waals surface area contributed by atoms with E-state index in [0.29, 0.717) is 40.9 Å². The van der Waals surface area contributed by atoms with E-state index >= 15 is 4.79 Å². The van der Waals surface area contributed by atoms with Gasteiger partial charge in [-0.3, -0.25) is 18.7 Å². The number of nitrogens with one attached hydrogen (secondary N) is 3. The number of allylic oxidation sites excluding steroid dienone is 2. The molecule has 2 aromatic heterocycles. The van der Waals surface area contributed by atoms with Crippen LogP contribution in [-0.4, -0.2) is 143 Å². The second kappa shape index (κ2) is 25.3. The number of fused-ring (bicyclic) bond motifs is 5. The average molecular weight is 1360 g/mol. The lowest BCUT2D eigenvalue weighted by molar-refractivity contribution is -0.121. The number of amides is 3. The molecule has 3 amide bonds. The third-order valence-corrected chi connectivity index (χ3v) is 21.4. The van der Waals surface area contributed by atoms with Gasteiger partial charge in [-0.05, 0) is 77.3 Å². The Balaban J connectivity index is 0.905. The van der Waals surface area contributed by atoms with Gasteiger partial charge < -0.3 is 65.1 Å². The summed E-state index contributed by atoms with van der Waals surface area (Å²) in [7, 11) is -15.2. The second-order valence-electron chi connectivity index (χ2n) is 22.3. The predicted octanol–water partition coefficient (Wildman–Crippen LogP) is 7.04. The predicted molar refractivity (Wildman–Crippen MR) is 330 cm³/mol. The van der Waals surface area contributed by atoms with Crippen molar-refractivity contribution in [1.29, 1.82) is 0 Å². The quantitative estimate of drug-likeness (QED) is 0.0122. The Bertz CT molecular complexity index is 4070. The van der Waals surface area contributed by atoms with Gasteiger partial charge >= 0.3 is 29.4 Å². The van der Waals surface area contributed by atoms with Crippen LogP contribution in [0.2, 0.25) is 20.1 Å². The Labute approximate surface area is 524 Å². The molecule has 5 aromatic rings. The van der Waals surface area contributed by atoms with Gasteiger partial charge in [0.1, 0.15) is 42.1 Å². The molecule has 27 nitrogen and oxygen atoms in total. The molecule has 4 aliphatic heterocycles. The number of benzene rings is 3. The van der Waals surface area contributed by atoms with E-state index in [9.17, 15) is 38.2 Å². The monoisotopic (exact) mass is 1360 g/mol. The van der Waals surface area contributed by atoms with E-state index in [1.54, 1.807) is 7.05 Å². The first-order valence-electron chi connectivity index (χ1n) is 27.4. The third-order valence-electron chi connectivity index (χ3n) is 15.3. The molecule has 0 saturated carbocycles. The Hall–Kier alpha value is -5.54. The summed E-state index contributed by atoms with van der Waals surface area (Å²) in [4.78, 5) is 96.0. The highest BCUT2D eigenvalue weighted by atomic mass is 35.5. The first kappa shape index (κ1) is 66.9. The maximum Gasteiger partial charge on any atom is 0.480 e. The molecule has 1 saturated heterocycles. The summed E-state index contributed by atoms with van der Waals surface area (Å²) in [6.45, 7) is 17.0. The summed E-state index contributed by atoms with van der Waals surface area (Å²) in [6, 6.07) is 8.16. The smallest absolute Gasteiger partial charge is 0.456 e. The summed E-state index contributed by atoms with van der Waals surface area (Å²) in [5.41, 5.74) is 11.7. The number of anilines is 2. The number of aliphatic hydroxyl groups excluding tert-OH is 1. The molecule has 0 spiro atoms. The van der Waals surface area contributed by atoms with Crippen molar-refractivity contribution in [3.05, 3.63) is 108 Å². The molecule has 0 radical (unpaired) electrons. The van der Waals surface area contributed by atoms with Crippen LogP contribution < -0.4 is 46.0 Å². The van der Waals surface area contributed by atoms with Crippen LogP contribution in [0.3, 0.4) is 0 Å². The average Bonchev–Trinajstić information content (AvgIpc) is 0.997. The summed E-state index contributed by atoms with van der Waals surface area (Å²) >= 11 is 28.3. The van der Waals surface area contributed by atoms with Crippen LogP contribution in [0.15, 0.2) is 49.1 Å². The molecule has 10 N–H and O–H groups in total. The molecule has 3 aromatic carbocycles. The van der Waals surface area contributed by atoms with Gasteiger partial charge in [-0.1, -0.05) is 52.5 Å². The summed E-state index contributed by atoms with van der Waals surface area (Å²) < 4.78 is 66.4. The van der Waals surface area contributed by atoms with E-state index in [1.165, 1.54) is 9.47 Å². The highest BCUT2D eigenvalue weighted by Gasteiger charge is 2.50. The minimum atomic E-state index is -5.65. The van der Waals surface area contributed by atoms with Crippen LogP contribution >= 0.6 is 69.7 Å². The minimum Gasteiger partial charge on any atom is -0.456 e. The Kier molecular flexibility index (Phi) is 19.2. The molecule has 2 unspecified atom stereocenters. The molecule has 0 bridgehead atoms. The van der Waals surface area contributed by atoms with E-state index in [4.69, 9.17) is 80.7 Å². The molecule has 6 atom stereocenters. The van der Waals surface area contributed by atoms with Crippen LogP contribution in [0.1, 0.15) is 107 Å². The molecule has 6 heterocycles. The lowest BCUT2D eigenvalue weighted by atomic mass is 9.83. The Morgan fingerprint density at radius 3 is 2.24 bits per heavy atom. The number of aliphatic hydroxyl groups is 1. The molecule has 34 heteroatoms. The number of carbonyl (C=O) groups is 3. The van der Waals surface area contributed by atoms with E-state index < -0.39 is 72.4 Å². The number of alkyl carbamates (subject to hydrolysis) is 1. The van der Waals surface area contributed by atoms with Gasteiger partial charge in [0.25, 0.3) is 5.91 Å². The summed E-state index contributed by atoms with van der Waals surface area (Å²) in [6.07, 6.45) is -1.08. The highest BCUT2D eigenvalue weighted by Crippen LogP contribution is 2.61. The SMILES string of the molecule is CCN1c2cc3c(cc2C(C)=CC1(C)C)C(c1c(Cl)c(Cl)c(Cl)c(Cl)c1C(=O)N(C)CCCC(=O)NCCNC(=O)O[C@@H]1[C@H](O)[C@@H](COP(=O)(O)OP(=O)(O)NP(=O)(O)O)O[C@H]1n1cnc2c(N)ncnc21)=c1cc2c(cc1O3)=[N+](CC)C(C)(C)C=C2C. The van der Waals surface area contributed by atoms with Gasteiger partial charge in [-0.2, -0.15) is 4.31 Å². The third kappa shape index (κ3) is 13.4. The molecule has 4 aliphatic rings. The van der Waals surface area contributed by atoms with E-state index in [1.807, 2.05) is 12.1 Å². The van der Waals surface area contributed by atoms with Crippen LogP contribution in [-0.2, 0) is 36.8 Å². The van der Waals surface area contributed by atoms with E-state index in [0.717, 1.165) is 50.8 Å². The molecule has 0 aliphatic carbocycles. The zero-order valence-corrected chi connectivity index (χ0v) is 54.6. The van der Waals surface area contributed by atoms with Crippen LogP contribution in [0.5, 0.6) is 11.5 Å². The molecular weight excluding hydrogens is 1290 g/mol. The van der Waals surface area contributed by atoms with Crippen LogP contribution in [0.4, 0.5) is 16.3 Å².